The van der Waals surface area contributed by atoms with Crippen LogP contribution in [0.3, 0.4) is 0 Å². The van der Waals surface area contributed by atoms with Crippen molar-refractivity contribution in [3.63, 3.8) is 0 Å². The van der Waals surface area contributed by atoms with Crippen LogP contribution in [0, 0.1) is 5.92 Å². The molecule has 0 aromatic heterocycles. The fraction of sp³-hybridized carbons (Fsp3) is 0.500. The summed E-state index contributed by atoms with van der Waals surface area (Å²) in [5.74, 6) is 0.882. The molecule has 2 rings (SSSR count). The van der Waals surface area contributed by atoms with E-state index in [0.717, 1.165) is 12.3 Å². The molecule has 0 bridgehead atoms. The van der Waals surface area contributed by atoms with Gasteiger partial charge in [0, 0.05) is 0 Å². The quantitative estimate of drug-likeness (QED) is 0.741. The third-order valence-corrected chi connectivity index (χ3v) is 2.82. The highest BCUT2D eigenvalue weighted by atomic mass is 14.9. The number of hydrogen-bond acceptors (Lipinski definition) is 1. The second-order valence-electron chi connectivity index (χ2n) is 3.90. The van der Waals surface area contributed by atoms with Crippen molar-refractivity contribution in [1.29, 1.82) is 0 Å². The Balaban J connectivity index is 1.96. The van der Waals surface area contributed by atoms with Crippen LogP contribution in [-0.4, -0.2) is 13.1 Å². The van der Waals surface area contributed by atoms with Crippen molar-refractivity contribution in [1.82, 2.24) is 5.32 Å². The molecule has 0 atom stereocenters. The summed E-state index contributed by atoms with van der Waals surface area (Å²) in [4.78, 5) is 0. The summed E-state index contributed by atoms with van der Waals surface area (Å²) in [6, 6.07) is 9.05. The molecule has 1 aliphatic rings. The number of hydrogen-bond donors (Lipinski definition) is 1. The lowest BCUT2D eigenvalue weighted by Crippen LogP contribution is -2.43. The molecular formula is C12H17N. The van der Waals surface area contributed by atoms with Gasteiger partial charge in [-0.25, -0.2) is 0 Å². The van der Waals surface area contributed by atoms with Crippen molar-refractivity contribution in [2.45, 2.75) is 19.8 Å². The molecule has 1 nitrogen and oxygen atoms in total. The maximum absolute atomic E-state index is 3.30. The standard InChI is InChI=1S/C12H17N/c1-2-10-3-5-11(6-4-10)7-12-8-13-9-12/h3-6,12-13H,2,7-9H2,1H3. The van der Waals surface area contributed by atoms with E-state index in [1.807, 2.05) is 0 Å². The fourth-order valence-corrected chi connectivity index (χ4v) is 1.74. The van der Waals surface area contributed by atoms with Crippen LogP contribution in [0.25, 0.3) is 0 Å². The van der Waals surface area contributed by atoms with Crippen LogP contribution in [0.5, 0.6) is 0 Å². The molecule has 0 amide bonds. The Bertz CT molecular complexity index is 259. The van der Waals surface area contributed by atoms with E-state index in [-0.39, 0.29) is 0 Å². The summed E-state index contributed by atoms with van der Waals surface area (Å²) in [6.45, 7) is 4.61. The van der Waals surface area contributed by atoms with Gasteiger partial charge in [0.15, 0.2) is 0 Å². The van der Waals surface area contributed by atoms with Crippen LogP contribution in [0.4, 0.5) is 0 Å². The SMILES string of the molecule is CCc1ccc(CC2CNC2)cc1. The van der Waals surface area contributed by atoms with Crippen molar-refractivity contribution in [3.8, 4) is 0 Å². The maximum Gasteiger partial charge on any atom is -0.000506 e. The summed E-state index contributed by atoms with van der Waals surface area (Å²) >= 11 is 0. The van der Waals surface area contributed by atoms with Crippen molar-refractivity contribution in [2.24, 2.45) is 5.92 Å². The molecule has 0 radical (unpaired) electrons. The van der Waals surface area contributed by atoms with Gasteiger partial charge < -0.3 is 5.32 Å². The lowest BCUT2D eigenvalue weighted by Gasteiger charge is -2.27. The third-order valence-electron chi connectivity index (χ3n) is 2.82. The molecule has 13 heavy (non-hydrogen) atoms. The highest BCUT2D eigenvalue weighted by molar-refractivity contribution is 5.23. The van der Waals surface area contributed by atoms with Gasteiger partial charge in [0.2, 0.25) is 0 Å². The van der Waals surface area contributed by atoms with Crippen LogP contribution in [0.1, 0.15) is 18.1 Å². The van der Waals surface area contributed by atoms with E-state index in [0.29, 0.717) is 0 Å². The monoisotopic (exact) mass is 175 g/mol. The number of rotatable bonds is 3. The van der Waals surface area contributed by atoms with Crippen molar-refractivity contribution in [3.05, 3.63) is 35.4 Å². The lowest BCUT2D eigenvalue weighted by atomic mass is 9.94. The van der Waals surface area contributed by atoms with Crippen LogP contribution >= 0.6 is 0 Å². The van der Waals surface area contributed by atoms with Gasteiger partial charge >= 0.3 is 0 Å². The topological polar surface area (TPSA) is 12.0 Å². The predicted molar refractivity (Wildman–Crippen MR) is 55.9 cm³/mol. The smallest absolute Gasteiger partial charge is 0.000506 e. The first-order valence-corrected chi connectivity index (χ1v) is 5.17. The average molecular weight is 175 g/mol. The largest absolute Gasteiger partial charge is 0.316 e. The van der Waals surface area contributed by atoms with Crippen LogP contribution in [0.2, 0.25) is 0 Å². The van der Waals surface area contributed by atoms with Gasteiger partial charge in [0.25, 0.3) is 0 Å². The molecule has 0 unspecified atom stereocenters. The van der Waals surface area contributed by atoms with E-state index in [2.05, 4.69) is 36.5 Å². The van der Waals surface area contributed by atoms with E-state index in [4.69, 9.17) is 0 Å². The van der Waals surface area contributed by atoms with Crippen molar-refractivity contribution < 1.29 is 0 Å². The van der Waals surface area contributed by atoms with E-state index in [1.165, 1.54) is 30.6 Å². The van der Waals surface area contributed by atoms with E-state index in [1.54, 1.807) is 0 Å². The summed E-state index contributed by atoms with van der Waals surface area (Å²) in [5, 5.41) is 3.30. The predicted octanol–water partition coefficient (Wildman–Crippen LogP) is 2.01. The Hall–Kier alpha value is -0.820. The maximum atomic E-state index is 3.30. The molecule has 1 aromatic carbocycles. The first-order valence-electron chi connectivity index (χ1n) is 5.17. The average Bonchev–Trinajstić information content (AvgIpc) is 2.12. The molecule has 1 heterocycles. The van der Waals surface area contributed by atoms with Crippen LogP contribution in [-0.2, 0) is 12.8 Å². The number of benzene rings is 1. The van der Waals surface area contributed by atoms with Gasteiger partial charge in [-0.2, -0.15) is 0 Å². The van der Waals surface area contributed by atoms with E-state index >= 15 is 0 Å². The van der Waals surface area contributed by atoms with Crippen molar-refractivity contribution >= 4 is 0 Å². The molecule has 0 spiro atoms. The van der Waals surface area contributed by atoms with Gasteiger partial charge in [0.1, 0.15) is 0 Å². The fourth-order valence-electron chi connectivity index (χ4n) is 1.74. The first kappa shape index (κ1) is 8.76. The van der Waals surface area contributed by atoms with Crippen LogP contribution < -0.4 is 5.32 Å². The summed E-state index contributed by atoms with van der Waals surface area (Å²) < 4.78 is 0. The minimum absolute atomic E-state index is 0.882. The van der Waals surface area contributed by atoms with Crippen LogP contribution in [0.15, 0.2) is 24.3 Å². The van der Waals surface area contributed by atoms with Gasteiger partial charge in [-0.3, -0.25) is 0 Å². The Kier molecular flexibility index (Phi) is 2.65. The molecular weight excluding hydrogens is 158 g/mol. The van der Waals surface area contributed by atoms with Crippen molar-refractivity contribution in [2.75, 3.05) is 13.1 Å². The highest BCUT2D eigenvalue weighted by Crippen LogP contribution is 2.13. The highest BCUT2D eigenvalue weighted by Gasteiger charge is 2.16. The van der Waals surface area contributed by atoms with E-state index < -0.39 is 0 Å². The molecule has 1 N–H and O–H groups in total. The third kappa shape index (κ3) is 2.10. The minimum atomic E-state index is 0.882. The van der Waals surface area contributed by atoms with Gasteiger partial charge in [-0.05, 0) is 43.0 Å². The summed E-state index contributed by atoms with van der Waals surface area (Å²) in [7, 11) is 0. The molecule has 0 aliphatic carbocycles. The Morgan fingerprint density at radius 3 is 2.23 bits per heavy atom. The molecule has 1 aromatic rings. The molecule has 1 fully saturated rings. The Morgan fingerprint density at radius 1 is 1.15 bits per heavy atom. The Morgan fingerprint density at radius 2 is 1.77 bits per heavy atom. The Labute approximate surface area is 80.2 Å². The zero-order chi connectivity index (χ0) is 9.10. The summed E-state index contributed by atoms with van der Waals surface area (Å²) in [5.41, 5.74) is 2.93. The second-order valence-corrected chi connectivity index (χ2v) is 3.90. The number of aryl methyl sites for hydroxylation is 1. The molecule has 0 saturated carbocycles. The molecule has 1 heteroatoms. The second kappa shape index (κ2) is 3.93. The molecule has 70 valence electrons. The zero-order valence-corrected chi connectivity index (χ0v) is 8.22. The minimum Gasteiger partial charge on any atom is -0.316 e. The number of nitrogens with one attached hydrogen (secondary N) is 1. The van der Waals surface area contributed by atoms with Gasteiger partial charge in [0.05, 0.1) is 0 Å². The zero-order valence-electron chi connectivity index (χ0n) is 8.22. The normalized spacial score (nSPS) is 17.0. The van der Waals surface area contributed by atoms with E-state index in [9.17, 15) is 0 Å². The first-order chi connectivity index (χ1) is 6.38. The van der Waals surface area contributed by atoms with Gasteiger partial charge in [-0.1, -0.05) is 31.2 Å². The molecule has 1 saturated heterocycles. The lowest BCUT2D eigenvalue weighted by molar-refractivity contribution is 0.346. The summed E-state index contributed by atoms with van der Waals surface area (Å²) in [6.07, 6.45) is 2.39. The molecule has 1 aliphatic heterocycles. The van der Waals surface area contributed by atoms with Gasteiger partial charge in [-0.15, -0.1) is 0 Å².